The molecule has 15 heavy (non-hydrogen) atoms. The van der Waals surface area contributed by atoms with Gasteiger partial charge in [-0.25, -0.2) is 0 Å². The Morgan fingerprint density at radius 1 is 1.53 bits per heavy atom. The molecular formula is C12H24N2O. The monoisotopic (exact) mass is 212 g/mol. The van der Waals surface area contributed by atoms with Crippen LogP contribution in [0.3, 0.4) is 0 Å². The molecule has 1 fully saturated rings. The summed E-state index contributed by atoms with van der Waals surface area (Å²) in [4.78, 5) is 2.40. The lowest BCUT2D eigenvalue weighted by molar-refractivity contribution is -0.0100. The molecule has 1 N–H and O–H groups in total. The largest absolute Gasteiger partial charge is 0.374 e. The number of nitrogens with zero attached hydrogens (tertiary/aromatic N) is 1. The summed E-state index contributed by atoms with van der Waals surface area (Å²) in [5, 5.41) is 3.36. The predicted octanol–water partition coefficient (Wildman–Crippen LogP) is 1.26. The molecule has 0 aromatic heterocycles. The molecule has 3 heteroatoms. The van der Waals surface area contributed by atoms with Gasteiger partial charge in [0.1, 0.15) is 0 Å². The van der Waals surface area contributed by atoms with Crippen LogP contribution < -0.4 is 5.32 Å². The molecule has 88 valence electrons. The number of ether oxygens (including phenoxy) is 1. The highest BCUT2D eigenvalue weighted by molar-refractivity contribution is 4.85. The molecule has 0 aliphatic carbocycles. The van der Waals surface area contributed by atoms with E-state index in [2.05, 4.69) is 37.6 Å². The topological polar surface area (TPSA) is 24.5 Å². The van der Waals surface area contributed by atoms with Crippen LogP contribution in [-0.2, 0) is 4.74 Å². The minimum atomic E-state index is 0.176. The highest BCUT2D eigenvalue weighted by Crippen LogP contribution is 2.14. The van der Waals surface area contributed by atoms with Crippen molar-refractivity contribution in [3.63, 3.8) is 0 Å². The van der Waals surface area contributed by atoms with Gasteiger partial charge in [-0.2, -0.15) is 0 Å². The Hall–Kier alpha value is -0.380. The summed E-state index contributed by atoms with van der Waals surface area (Å²) in [6.45, 7) is 15.2. The third kappa shape index (κ3) is 4.33. The smallest absolute Gasteiger partial charge is 0.0827 e. The van der Waals surface area contributed by atoms with Crippen LogP contribution in [0.1, 0.15) is 20.8 Å². The molecule has 0 bridgehead atoms. The minimum Gasteiger partial charge on any atom is -0.374 e. The van der Waals surface area contributed by atoms with Gasteiger partial charge in [0.2, 0.25) is 0 Å². The normalized spacial score (nSPS) is 23.1. The van der Waals surface area contributed by atoms with Gasteiger partial charge in [0.25, 0.3) is 0 Å². The van der Waals surface area contributed by atoms with Crippen LogP contribution >= 0.6 is 0 Å². The molecule has 0 amide bonds. The number of rotatable bonds is 4. The van der Waals surface area contributed by atoms with Gasteiger partial charge in [-0.15, -0.1) is 6.58 Å². The van der Waals surface area contributed by atoms with Crippen LogP contribution in [0, 0.1) is 0 Å². The molecule has 1 saturated heterocycles. The van der Waals surface area contributed by atoms with Gasteiger partial charge in [-0.1, -0.05) is 6.08 Å². The summed E-state index contributed by atoms with van der Waals surface area (Å²) >= 11 is 0. The zero-order chi connectivity index (χ0) is 11.3. The summed E-state index contributed by atoms with van der Waals surface area (Å²) in [5.41, 5.74) is 0.176. The molecule has 1 aliphatic heterocycles. The molecule has 1 atom stereocenters. The van der Waals surface area contributed by atoms with Crippen molar-refractivity contribution < 1.29 is 4.74 Å². The zero-order valence-corrected chi connectivity index (χ0v) is 10.3. The fourth-order valence-electron chi connectivity index (χ4n) is 1.76. The van der Waals surface area contributed by atoms with Gasteiger partial charge in [0, 0.05) is 31.7 Å². The van der Waals surface area contributed by atoms with Crippen molar-refractivity contribution >= 4 is 0 Å². The van der Waals surface area contributed by atoms with Crippen LogP contribution in [0.25, 0.3) is 0 Å². The molecule has 1 aliphatic rings. The Morgan fingerprint density at radius 2 is 2.27 bits per heavy atom. The van der Waals surface area contributed by atoms with E-state index in [-0.39, 0.29) is 5.54 Å². The lowest BCUT2D eigenvalue weighted by Gasteiger charge is -2.38. The first kappa shape index (κ1) is 12.7. The second kappa shape index (κ2) is 5.64. The van der Waals surface area contributed by atoms with Gasteiger partial charge < -0.3 is 10.1 Å². The van der Waals surface area contributed by atoms with Gasteiger partial charge in [-0.05, 0) is 20.8 Å². The first-order chi connectivity index (χ1) is 7.04. The molecule has 0 saturated carbocycles. The summed E-state index contributed by atoms with van der Waals surface area (Å²) in [6.07, 6.45) is 2.28. The number of hydrogen-bond donors (Lipinski definition) is 1. The van der Waals surface area contributed by atoms with Crippen LogP contribution in [0.15, 0.2) is 12.7 Å². The van der Waals surface area contributed by atoms with Crippen molar-refractivity contribution in [3.8, 4) is 0 Å². The molecule has 0 radical (unpaired) electrons. The summed E-state index contributed by atoms with van der Waals surface area (Å²) in [5.74, 6) is 0. The minimum absolute atomic E-state index is 0.176. The van der Waals surface area contributed by atoms with Crippen molar-refractivity contribution in [2.24, 2.45) is 0 Å². The fraction of sp³-hybridized carbons (Fsp3) is 0.833. The average molecular weight is 212 g/mol. The third-order valence-corrected chi connectivity index (χ3v) is 2.73. The van der Waals surface area contributed by atoms with Crippen molar-refractivity contribution in [1.82, 2.24) is 10.2 Å². The molecule has 1 heterocycles. The third-order valence-electron chi connectivity index (χ3n) is 2.73. The van der Waals surface area contributed by atoms with Crippen molar-refractivity contribution in [2.75, 3.05) is 32.8 Å². The van der Waals surface area contributed by atoms with Crippen molar-refractivity contribution in [1.29, 1.82) is 0 Å². The molecule has 0 aromatic rings. The first-order valence-corrected chi connectivity index (χ1v) is 5.72. The Bertz CT molecular complexity index is 192. The molecule has 0 aromatic carbocycles. The van der Waals surface area contributed by atoms with E-state index < -0.39 is 0 Å². The van der Waals surface area contributed by atoms with E-state index in [9.17, 15) is 0 Å². The standard InChI is InChI=1S/C12H24N2O/c1-5-7-14(12(2,3)4)10-11-9-13-6-8-15-11/h5,11,13H,1,6-10H2,2-4H3. The van der Waals surface area contributed by atoms with E-state index in [0.717, 1.165) is 32.8 Å². The van der Waals surface area contributed by atoms with Gasteiger partial charge in [0.05, 0.1) is 12.7 Å². The van der Waals surface area contributed by atoms with E-state index in [1.165, 1.54) is 0 Å². The SMILES string of the molecule is C=CCN(CC1CNCCO1)C(C)(C)C. The zero-order valence-electron chi connectivity index (χ0n) is 10.3. The van der Waals surface area contributed by atoms with E-state index in [1.807, 2.05) is 6.08 Å². The Balaban J connectivity index is 2.45. The Kier molecular flexibility index (Phi) is 4.77. The summed E-state index contributed by atoms with van der Waals surface area (Å²) in [7, 11) is 0. The Morgan fingerprint density at radius 3 is 2.73 bits per heavy atom. The number of hydrogen-bond acceptors (Lipinski definition) is 3. The second-order valence-electron chi connectivity index (χ2n) is 5.06. The van der Waals surface area contributed by atoms with Crippen LogP contribution in [0.5, 0.6) is 0 Å². The van der Waals surface area contributed by atoms with Crippen LogP contribution in [0.2, 0.25) is 0 Å². The van der Waals surface area contributed by atoms with Gasteiger partial charge in [-0.3, -0.25) is 4.90 Å². The Labute approximate surface area is 93.5 Å². The van der Waals surface area contributed by atoms with E-state index >= 15 is 0 Å². The maximum atomic E-state index is 5.71. The number of morpholine rings is 1. The molecule has 0 spiro atoms. The molecular weight excluding hydrogens is 188 g/mol. The molecule has 1 unspecified atom stereocenters. The highest BCUT2D eigenvalue weighted by Gasteiger charge is 2.24. The fourth-order valence-corrected chi connectivity index (χ4v) is 1.76. The maximum absolute atomic E-state index is 5.71. The lowest BCUT2D eigenvalue weighted by Crippen LogP contribution is -2.50. The van der Waals surface area contributed by atoms with Gasteiger partial charge >= 0.3 is 0 Å². The van der Waals surface area contributed by atoms with Crippen molar-refractivity contribution in [3.05, 3.63) is 12.7 Å². The van der Waals surface area contributed by atoms with E-state index in [4.69, 9.17) is 4.74 Å². The number of nitrogens with one attached hydrogen (secondary N) is 1. The van der Waals surface area contributed by atoms with Crippen LogP contribution in [-0.4, -0.2) is 49.3 Å². The summed E-state index contributed by atoms with van der Waals surface area (Å²) < 4.78 is 5.71. The first-order valence-electron chi connectivity index (χ1n) is 5.72. The highest BCUT2D eigenvalue weighted by atomic mass is 16.5. The van der Waals surface area contributed by atoms with Crippen LogP contribution in [0.4, 0.5) is 0 Å². The average Bonchev–Trinajstić information content (AvgIpc) is 2.17. The quantitative estimate of drug-likeness (QED) is 0.710. The van der Waals surface area contributed by atoms with Crippen molar-refractivity contribution in [2.45, 2.75) is 32.4 Å². The van der Waals surface area contributed by atoms with Gasteiger partial charge in [0.15, 0.2) is 0 Å². The molecule has 3 nitrogen and oxygen atoms in total. The predicted molar refractivity (Wildman–Crippen MR) is 64.1 cm³/mol. The summed E-state index contributed by atoms with van der Waals surface area (Å²) in [6, 6.07) is 0. The molecule has 1 rings (SSSR count). The second-order valence-corrected chi connectivity index (χ2v) is 5.06. The maximum Gasteiger partial charge on any atom is 0.0827 e. The van der Waals surface area contributed by atoms with E-state index in [0.29, 0.717) is 6.10 Å². The lowest BCUT2D eigenvalue weighted by atomic mass is 10.1. The van der Waals surface area contributed by atoms with E-state index in [1.54, 1.807) is 0 Å².